The summed E-state index contributed by atoms with van der Waals surface area (Å²) in [5, 5.41) is 0. The number of carbonyl (C=O) groups is 1. The Kier molecular flexibility index (Phi) is 4.87. The summed E-state index contributed by atoms with van der Waals surface area (Å²) in [6.07, 6.45) is 1.45. The average molecular weight is 375 g/mol. The smallest absolute Gasteiger partial charge is 0.262 e. The molecule has 0 radical (unpaired) electrons. The van der Waals surface area contributed by atoms with Gasteiger partial charge in [0.2, 0.25) is 0 Å². The fourth-order valence-electron chi connectivity index (χ4n) is 4.15. The van der Waals surface area contributed by atoms with Crippen LogP contribution in [-0.4, -0.2) is 50.3 Å². The molecule has 0 saturated carbocycles. The van der Waals surface area contributed by atoms with E-state index in [4.69, 9.17) is 18.9 Å². The quantitative estimate of drug-likeness (QED) is 0.565. The SMILES string of the molecule is C=CC(C)(C)[C@]1(OC)C(=O)N(c2ccc(OC)cc2)[C@H]1[C@H]1COC(C)(C)O1. The second-order valence-corrected chi connectivity index (χ2v) is 8.05. The topological polar surface area (TPSA) is 57.2 Å². The Labute approximate surface area is 161 Å². The molecule has 6 heteroatoms. The van der Waals surface area contributed by atoms with Crippen LogP contribution in [0.3, 0.4) is 0 Å². The van der Waals surface area contributed by atoms with E-state index in [1.165, 1.54) is 0 Å². The molecule has 0 spiro atoms. The van der Waals surface area contributed by atoms with E-state index in [-0.39, 0.29) is 18.1 Å². The summed E-state index contributed by atoms with van der Waals surface area (Å²) in [5.74, 6) is -0.0835. The first-order valence-electron chi connectivity index (χ1n) is 9.12. The third-order valence-corrected chi connectivity index (χ3v) is 5.75. The fourth-order valence-corrected chi connectivity index (χ4v) is 4.15. The molecule has 2 saturated heterocycles. The Hall–Kier alpha value is -1.89. The van der Waals surface area contributed by atoms with Crippen molar-refractivity contribution in [2.75, 3.05) is 25.7 Å². The van der Waals surface area contributed by atoms with Gasteiger partial charge in [-0.05, 0) is 38.1 Å². The van der Waals surface area contributed by atoms with Gasteiger partial charge in [-0.2, -0.15) is 0 Å². The number of anilines is 1. The maximum absolute atomic E-state index is 13.4. The van der Waals surface area contributed by atoms with Gasteiger partial charge in [0.1, 0.15) is 17.9 Å². The number of nitrogens with zero attached hydrogens (tertiary/aromatic N) is 1. The summed E-state index contributed by atoms with van der Waals surface area (Å²) in [7, 11) is 3.18. The van der Waals surface area contributed by atoms with Gasteiger partial charge < -0.3 is 23.8 Å². The summed E-state index contributed by atoms with van der Waals surface area (Å²) in [6, 6.07) is 7.05. The first-order chi connectivity index (χ1) is 12.6. The number of methoxy groups -OCH3 is 2. The van der Waals surface area contributed by atoms with Gasteiger partial charge in [-0.1, -0.05) is 19.9 Å². The van der Waals surface area contributed by atoms with E-state index in [0.717, 1.165) is 11.4 Å². The van der Waals surface area contributed by atoms with Gasteiger partial charge in [0.05, 0.1) is 13.7 Å². The van der Waals surface area contributed by atoms with Crippen LogP contribution in [0.5, 0.6) is 5.75 Å². The molecule has 0 N–H and O–H groups in total. The van der Waals surface area contributed by atoms with E-state index in [9.17, 15) is 4.79 Å². The summed E-state index contributed by atoms with van der Waals surface area (Å²) >= 11 is 0. The minimum atomic E-state index is -1.08. The first kappa shape index (κ1) is 19.9. The van der Waals surface area contributed by atoms with E-state index in [1.807, 2.05) is 52.0 Å². The molecule has 3 atom stereocenters. The third kappa shape index (κ3) is 2.87. The standard InChI is InChI=1S/C21H29NO5/c1-8-19(2,3)21(25-7)17(16-13-26-20(4,5)27-16)22(18(21)23)14-9-11-15(24-6)12-10-14/h8-12,16-17H,1,13H2,2-7H3/t16-,17+,21-/m1/s1. The van der Waals surface area contributed by atoms with Crippen molar-refractivity contribution in [2.45, 2.75) is 51.2 Å². The van der Waals surface area contributed by atoms with Crippen LogP contribution < -0.4 is 9.64 Å². The van der Waals surface area contributed by atoms with Gasteiger partial charge in [-0.3, -0.25) is 4.79 Å². The van der Waals surface area contributed by atoms with Crippen molar-refractivity contribution < 1.29 is 23.7 Å². The lowest BCUT2D eigenvalue weighted by atomic mass is 9.62. The molecule has 2 fully saturated rings. The number of β-lactam (4-membered cyclic amide) rings is 1. The number of amides is 1. The van der Waals surface area contributed by atoms with Crippen molar-refractivity contribution in [1.82, 2.24) is 0 Å². The zero-order valence-corrected chi connectivity index (χ0v) is 16.9. The molecule has 2 aliphatic rings. The van der Waals surface area contributed by atoms with E-state index in [2.05, 4.69) is 6.58 Å². The Morgan fingerprint density at radius 1 is 1.26 bits per heavy atom. The predicted molar refractivity (Wildman–Crippen MR) is 103 cm³/mol. The molecule has 1 aromatic rings. The van der Waals surface area contributed by atoms with Gasteiger partial charge in [0, 0.05) is 18.2 Å². The highest BCUT2D eigenvalue weighted by Gasteiger charge is 2.71. The molecule has 6 nitrogen and oxygen atoms in total. The van der Waals surface area contributed by atoms with Gasteiger partial charge in [0.15, 0.2) is 11.4 Å². The molecule has 1 amide bonds. The van der Waals surface area contributed by atoms with E-state index >= 15 is 0 Å². The number of carbonyl (C=O) groups excluding carboxylic acids is 1. The average Bonchev–Trinajstić information content (AvgIpc) is 2.99. The summed E-state index contributed by atoms with van der Waals surface area (Å²) in [4.78, 5) is 15.2. The third-order valence-electron chi connectivity index (χ3n) is 5.75. The van der Waals surface area contributed by atoms with E-state index < -0.39 is 16.8 Å². The zero-order valence-electron chi connectivity index (χ0n) is 16.9. The van der Waals surface area contributed by atoms with Crippen LogP contribution in [0.2, 0.25) is 0 Å². The second kappa shape index (κ2) is 6.62. The molecule has 1 aromatic carbocycles. The van der Waals surface area contributed by atoms with Crippen LogP contribution in [0.15, 0.2) is 36.9 Å². The van der Waals surface area contributed by atoms with E-state index in [1.54, 1.807) is 25.2 Å². The van der Waals surface area contributed by atoms with Gasteiger partial charge in [-0.25, -0.2) is 0 Å². The minimum Gasteiger partial charge on any atom is -0.497 e. The molecule has 0 aliphatic carbocycles. The summed E-state index contributed by atoms with van der Waals surface area (Å²) in [6.45, 7) is 12.0. The highest BCUT2D eigenvalue weighted by Crippen LogP contribution is 2.52. The molecule has 0 aromatic heterocycles. The first-order valence-corrected chi connectivity index (χ1v) is 9.12. The molecule has 148 valence electrons. The molecular weight excluding hydrogens is 346 g/mol. The zero-order chi connectivity index (χ0) is 20.0. The molecule has 3 rings (SSSR count). The number of benzene rings is 1. The molecule has 2 heterocycles. The Morgan fingerprint density at radius 2 is 1.89 bits per heavy atom. The summed E-state index contributed by atoms with van der Waals surface area (Å²) < 4.78 is 23.1. The summed E-state index contributed by atoms with van der Waals surface area (Å²) in [5.41, 5.74) is -0.905. The predicted octanol–water partition coefficient (Wildman–Crippen LogP) is 3.16. The van der Waals surface area contributed by atoms with Crippen LogP contribution in [0.4, 0.5) is 5.69 Å². The molecular formula is C21H29NO5. The van der Waals surface area contributed by atoms with Crippen molar-refractivity contribution >= 4 is 11.6 Å². The maximum Gasteiger partial charge on any atom is 0.262 e. The van der Waals surface area contributed by atoms with Gasteiger partial charge in [-0.15, -0.1) is 6.58 Å². The largest absolute Gasteiger partial charge is 0.497 e. The fraction of sp³-hybridized carbons (Fsp3) is 0.571. The normalized spacial score (nSPS) is 30.1. The van der Waals surface area contributed by atoms with Crippen molar-refractivity contribution in [1.29, 1.82) is 0 Å². The number of hydrogen-bond donors (Lipinski definition) is 0. The molecule has 2 aliphatic heterocycles. The highest BCUT2D eigenvalue weighted by molar-refractivity contribution is 6.09. The number of hydrogen-bond acceptors (Lipinski definition) is 5. The van der Waals surface area contributed by atoms with Crippen LogP contribution >= 0.6 is 0 Å². The van der Waals surface area contributed by atoms with Crippen LogP contribution in [0, 0.1) is 5.41 Å². The number of ether oxygens (including phenoxy) is 4. The van der Waals surface area contributed by atoms with Crippen molar-refractivity contribution in [3.8, 4) is 5.75 Å². The Balaban J connectivity index is 2.05. The Morgan fingerprint density at radius 3 is 2.33 bits per heavy atom. The van der Waals surface area contributed by atoms with Crippen LogP contribution in [0.25, 0.3) is 0 Å². The number of rotatable bonds is 6. The van der Waals surface area contributed by atoms with Gasteiger partial charge in [0.25, 0.3) is 5.91 Å². The lowest BCUT2D eigenvalue weighted by molar-refractivity contribution is -0.196. The molecule has 0 unspecified atom stereocenters. The highest BCUT2D eigenvalue weighted by atomic mass is 16.7. The lowest BCUT2D eigenvalue weighted by Gasteiger charge is -2.61. The maximum atomic E-state index is 13.4. The minimum absolute atomic E-state index is 0.113. The van der Waals surface area contributed by atoms with Gasteiger partial charge >= 0.3 is 0 Å². The van der Waals surface area contributed by atoms with Crippen LogP contribution in [0.1, 0.15) is 27.7 Å². The Bertz CT molecular complexity index is 727. The van der Waals surface area contributed by atoms with Crippen molar-refractivity contribution in [2.24, 2.45) is 5.41 Å². The van der Waals surface area contributed by atoms with Crippen LogP contribution in [-0.2, 0) is 19.0 Å². The van der Waals surface area contributed by atoms with Crippen molar-refractivity contribution in [3.05, 3.63) is 36.9 Å². The molecule has 0 bridgehead atoms. The second-order valence-electron chi connectivity index (χ2n) is 8.05. The monoisotopic (exact) mass is 375 g/mol. The van der Waals surface area contributed by atoms with E-state index in [0.29, 0.717) is 6.61 Å². The lowest BCUT2D eigenvalue weighted by Crippen LogP contribution is -2.83. The molecule has 27 heavy (non-hydrogen) atoms. The van der Waals surface area contributed by atoms with Crippen molar-refractivity contribution in [3.63, 3.8) is 0 Å².